The zero-order valence-corrected chi connectivity index (χ0v) is 12.4. The summed E-state index contributed by atoms with van der Waals surface area (Å²) < 4.78 is 5.13. The standard InChI is InChI=1S/C14H18N4OS/c1-3-20-14-17-12(15)11(13(16)18-14)8-9-4-6-10(19-2)7-5-9/h4-7H,3,8H2,1-2H3,(H4,15,16,17,18). The van der Waals surface area contributed by atoms with Crippen LogP contribution in [0.5, 0.6) is 5.75 Å². The first kappa shape index (κ1) is 14.5. The first-order chi connectivity index (χ1) is 9.63. The van der Waals surface area contributed by atoms with E-state index in [-0.39, 0.29) is 0 Å². The Kier molecular flexibility index (Phi) is 4.68. The van der Waals surface area contributed by atoms with Crippen molar-refractivity contribution in [2.75, 3.05) is 24.3 Å². The van der Waals surface area contributed by atoms with Gasteiger partial charge in [0.05, 0.1) is 7.11 Å². The summed E-state index contributed by atoms with van der Waals surface area (Å²) in [6.45, 7) is 2.03. The molecule has 4 N–H and O–H groups in total. The molecular weight excluding hydrogens is 272 g/mol. The van der Waals surface area contributed by atoms with E-state index in [2.05, 4.69) is 9.97 Å². The summed E-state index contributed by atoms with van der Waals surface area (Å²) in [7, 11) is 1.64. The lowest BCUT2D eigenvalue weighted by molar-refractivity contribution is 0.414. The van der Waals surface area contributed by atoms with Crippen LogP contribution in [-0.2, 0) is 6.42 Å². The van der Waals surface area contributed by atoms with Crippen LogP contribution in [0, 0.1) is 0 Å². The van der Waals surface area contributed by atoms with Crippen LogP contribution in [0.25, 0.3) is 0 Å². The maximum absolute atomic E-state index is 5.99. The zero-order valence-electron chi connectivity index (χ0n) is 11.6. The number of rotatable bonds is 5. The van der Waals surface area contributed by atoms with E-state index in [1.165, 1.54) is 11.8 Å². The third kappa shape index (κ3) is 3.33. The van der Waals surface area contributed by atoms with Crippen LogP contribution in [0.2, 0.25) is 0 Å². The maximum atomic E-state index is 5.99. The predicted octanol–water partition coefficient (Wildman–Crippen LogP) is 2.35. The smallest absolute Gasteiger partial charge is 0.191 e. The maximum Gasteiger partial charge on any atom is 0.191 e. The fourth-order valence-corrected chi connectivity index (χ4v) is 2.40. The van der Waals surface area contributed by atoms with E-state index in [0.29, 0.717) is 23.2 Å². The van der Waals surface area contributed by atoms with Gasteiger partial charge in [-0.05, 0) is 23.4 Å². The van der Waals surface area contributed by atoms with Gasteiger partial charge in [-0.25, -0.2) is 9.97 Å². The molecule has 5 nitrogen and oxygen atoms in total. The Bertz CT molecular complexity index is 563. The molecule has 0 aliphatic heterocycles. The minimum atomic E-state index is 0.448. The molecule has 0 amide bonds. The summed E-state index contributed by atoms with van der Waals surface area (Å²) in [5, 5.41) is 0.626. The van der Waals surface area contributed by atoms with E-state index >= 15 is 0 Å². The Hall–Kier alpha value is -1.95. The number of hydrogen-bond donors (Lipinski definition) is 2. The largest absolute Gasteiger partial charge is 0.497 e. The Balaban J connectivity index is 2.23. The fraction of sp³-hybridized carbons (Fsp3) is 0.286. The Morgan fingerprint density at radius 3 is 2.20 bits per heavy atom. The molecule has 1 aromatic heterocycles. The summed E-state index contributed by atoms with van der Waals surface area (Å²) in [6, 6.07) is 7.77. The molecule has 0 saturated heterocycles. The summed E-state index contributed by atoms with van der Waals surface area (Å²) in [4.78, 5) is 8.56. The lowest BCUT2D eigenvalue weighted by Gasteiger charge is -2.10. The summed E-state index contributed by atoms with van der Waals surface area (Å²) >= 11 is 1.52. The number of thioether (sulfide) groups is 1. The summed E-state index contributed by atoms with van der Waals surface area (Å²) in [5.74, 6) is 2.60. The lowest BCUT2D eigenvalue weighted by Crippen LogP contribution is -2.07. The van der Waals surface area contributed by atoms with Gasteiger partial charge in [-0.1, -0.05) is 30.8 Å². The van der Waals surface area contributed by atoms with Crippen molar-refractivity contribution in [1.82, 2.24) is 9.97 Å². The van der Waals surface area contributed by atoms with Crippen LogP contribution in [0.1, 0.15) is 18.1 Å². The van der Waals surface area contributed by atoms with Crippen molar-refractivity contribution in [3.8, 4) is 5.75 Å². The number of anilines is 2. The molecule has 1 heterocycles. The highest BCUT2D eigenvalue weighted by atomic mass is 32.2. The molecule has 0 saturated carbocycles. The topological polar surface area (TPSA) is 87.0 Å². The number of benzene rings is 1. The van der Waals surface area contributed by atoms with Crippen molar-refractivity contribution >= 4 is 23.4 Å². The molecule has 106 valence electrons. The van der Waals surface area contributed by atoms with E-state index in [4.69, 9.17) is 16.2 Å². The van der Waals surface area contributed by atoms with Gasteiger partial charge in [0.25, 0.3) is 0 Å². The van der Waals surface area contributed by atoms with Crippen molar-refractivity contribution in [3.05, 3.63) is 35.4 Å². The van der Waals surface area contributed by atoms with Gasteiger partial charge < -0.3 is 16.2 Å². The predicted molar refractivity (Wildman–Crippen MR) is 83.1 cm³/mol. The van der Waals surface area contributed by atoms with E-state index in [1.54, 1.807) is 7.11 Å². The van der Waals surface area contributed by atoms with Crippen LogP contribution in [0.4, 0.5) is 11.6 Å². The van der Waals surface area contributed by atoms with Gasteiger partial charge >= 0.3 is 0 Å². The quantitative estimate of drug-likeness (QED) is 0.649. The van der Waals surface area contributed by atoms with E-state index < -0.39 is 0 Å². The second-order valence-corrected chi connectivity index (χ2v) is 5.44. The minimum Gasteiger partial charge on any atom is -0.497 e. The molecule has 0 radical (unpaired) electrons. The molecule has 6 heteroatoms. The molecule has 2 rings (SSSR count). The summed E-state index contributed by atoms with van der Waals surface area (Å²) in [5.41, 5.74) is 13.8. The van der Waals surface area contributed by atoms with Crippen LogP contribution in [-0.4, -0.2) is 22.8 Å². The first-order valence-electron chi connectivity index (χ1n) is 6.31. The van der Waals surface area contributed by atoms with Gasteiger partial charge in [-0.15, -0.1) is 0 Å². The second kappa shape index (κ2) is 6.47. The molecule has 2 aromatic rings. The lowest BCUT2D eigenvalue weighted by atomic mass is 10.1. The molecule has 0 aliphatic rings. The van der Waals surface area contributed by atoms with Gasteiger partial charge in [0.2, 0.25) is 0 Å². The van der Waals surface area contributed by atoms with Crippen molar-refractivity contribution < 1.29 is 4.74 Å². The molecule has 0 bridgehead atoms. The molecule has 0 fully saturated rings. The van der Waals surface area contributed by atoms with Crippen molar-refractivity contribution in [2.24, 2.45) is 0 Å². The SMILES string of the molecule is CCSc1nc(N)c(Cc2ccc(OC)cc2)c(N)n1. The van der Waals surface area contributed by atoms with Crippen LogP contribution < -0.4 is 16.2 Å². The third-order valence-corrected chi connectivity index (χ3v) is 3.59. The van der Waals surface area contributed by atoms with Gasteiger partial charge in [0, 0.05) is 12.0 Å². The van der Waals surface area contributed by atoms with Gasteiger partial charge in [-0.3, -0.25) is 0 Å². The Morgan fingerprint density at radius 2 is 1.70 bits per heavy atom. The number of nitrogens with two attached hydrogens (primary N) is 2. The molecule has 0 unspecified atom stereocenters. The van der Waals surface area contributed by atoms with Gasteiger partial charge in [-0.2, -0.15) is 0 Å². The summed E-state index contributed by atoms with van der Waals surface area (Å²) in [6.07, 6.45) is 0.610. The van der Waals surface area contributed by atoms with Gasteiger partial charge in [0.15, 0.2) is 5.16 Å². The highest BCUT2D eigenvalue weighted by Crippen LogP contribution is 2.24. The minimum absolute atomic E-state index is 0.448. The van der Waals surface area contributed by atoms with Crippen LogP contribution in [0.15, 0.2) is 29.4 Å². The van der Waals surface area contributed by atoms with Crippen LogP contribution in [0.3, 0.4) is 0 Å². The molecule has 1 aromatic carbocycles. The third-order valence-electron chi connectivity index (χ3n) is 2.86. The molecule has 0 aliphatic carbocycles. The normalized spacial score (nSPS) is 10.5. The number of ether oxygens (including phenoxy) is 1. The average molecular weight is 290 g/mol. The Labute approximate surface area is 122 Å². The average Bonchev–Trinajstić information content (AvgIpc) is 2.44. The molecule has 20 heavy (non-hydrogen) atoms. The van der Waals surface area contributed by atoms with Crippen molar-refractivity contribution in [1.29, 1.82) is 0 Å². The molecule has 0 atom stereocenters. The van der Waals surface area contributed by atoms with Gasteiger partial charge in [0.1, 0.15) is 17.4 Å². The monoisotopic (exact) mass is 290 g/mol. The highest BCUT2D eigenvalue weighted by Gasteiger charge is 2.11. The van der Waals surface area contributed by atoms with Crippen molar-refractivity contribution in [3.63, 3.8) is 0 Å². The zero-order chi connectivity index (χ0) is 14.5. The number of methoxy groups -OCH3 is 1. The van der Waals surface area contributed by atoms with E-state index in [1.807, 2.05) is 31.2 Å². The number of nitrogen functional groups attached to an aromatic ring is 2. The molecule has 0 spiro atoms. The first-order valence-corrected chi connectivity index (χ1v) is 7.30. The Morgan fingerprint density at radius 1 is 1.10 bits per heavy atom. The van der Waals surface area contributed by atoms with E-state index in [0.717, 1.165) is 22.6 Å². The molecular formula is C14H18N4OS. The number of nitrogens with zero attached hydrogens (tertiary/aromatic N) is 2. The number of hydrogen-bond acceptors (Lipinski definition) is 6. The van der Waals surface area contributed by atoms with Crippen molar-refractivity contribution in [2.45, 2.75) is 18.5 Å². The fourth-order valence-electron chi connectivity index (χ4n) is 1.82. The highest BCUT2D eigenvalue weighted by molar-refractivity contribution is 7.99. The second-order valence-electron chi connectivity index (χ2n) is 4.21. The van der Waals surface area contributed by atoms with Crippen LogP contribution >= 0.6 is 11.8 Å². The van der Waals surface area contributed by atoms with E-state index in [9.17, 15) is 0 Å². The number of aromatic nitrogens is 2.